The SMILES string of the molecule is O=C(O)Cc1ccc(CNc2cccc(F)c2F)s1. The molecule has 1 heterocycles. The van der Waals surface area contributed by atoms with Crippen molar-refractivity contribution in [3.63, 3.8) is 0 Å². The first-order chi connectivity index (χ1) is 9.06. The Morgan fingerprint density at radius 3 is 2.68 bits per heavy atom. The lowest BCUT2D eigenvalue weighted by atomic mass is 10.3. The summed E-state index contributed by atoms with van der Waals surface area (Å²) in [5.74, 6) is -2.70. The van der Waals surface area contributed by atoms with Gasteiger partial charge in [0.15, 0.2) is 11.6 Å². The van der Waals surface area contributed by atoms with Crippen molar-refractivity contribution < 1.29 is 18.7 Å². The number of carbonyl (C=O) groups is 1. The summed E-state index contributed by atoms with van der Waals surface area (Å²) in [5.41, 5.74) is 0.0909. The van der Waals surface area contributed by atoms with E-state index < -0.39 is 17.6 Å². The Morgan fingerprint density at radius 2 is 1.95 bits per heavy atom. The van der Waals surface area contributed by atoms with Crippen molar-refractivity contribution in [1.29, 1.82) is 0 Å². The number of hydrogen-bond donors (Lipinski definition) is 2. The van der Waals surface area contributed by atoms with Gasteiger partial charge in [-0.05, 0) is 24.3 Å². The number of nitrogens with one attached hydrogen (secondary N) is 1. The molecule has 0 aliphatic carbocycles. The van der Waals surface area contributed by atoms with Crippen molar-refractivity contribution in [1.82, 2.24) is 0 Å². The molecule has 3 nitrogen and oxygen atoms in total. The standard InChI is InChI=1S/C13H11F2NO2S/c14-10-2-1-3-11(13(10)15)16-7-9-5-4-8(19-9)6-12(17)18/h1-5,16H,6-7H2,(H,17,18). The third kappa shape index (κ3) is 3.51. The van der Waals surface area contributed by atoms with Crippen molar-refractivity contribution in [2.24, 2.45) is 0 Å². The molecular weight excluding hydrogens is 272 g/mol. The van der Waals surface area contributed by atoms with Gasteiger partial charge in [-0.2, -0.15) is 0 Å². The first-order valence-corrected chi connectivity index (χ1v) is 6.35. The van der Waals surface area contributed by atoms with E-state index in [1.807, 2.05) is 0 Å². The number of carboxylic acid groups (broad SMARTS) is 1. The second kappa shape index (κ2) is 5.79. The van der Waals surface area contributed by atoms with E-state index in [0.717, 1.165) is 15.8 Å². The van der Waals surface area contributed by atoms with Gasteiger partial charge in [-0.15, -0.1) is 11.3 Å². The molecular formula is C13H11F2NO2S. The number of halogens is 2. The summed E-state index contributed by atoms with van der Waals surface area (Å²) in [6.45, 7) is 0.324. The largest absolute Gasteiger partial charge is 0.481 e. The number of hydrogen-bond acceptors (Lipinski definition) is 3. The summed E-state index contributed by atoms with van der Waals surface area (Å²) in [7, 11) is 0. The van der Waals surface area contributed by atoms with E-state index in [4.69, 9.17) is 5.11 Å². The molecule has 0 saturated heterocycles. The van der Waals surface area contributed by atoms with Gasteiger partial charge in [0.25, 0.3) is 0 Å². The molecule has 100 valence electrons. The number of benzene rings is 1. The highest BCUT2D eigenvalue weighted by Crippen LogP contribution is 2.21. The maximum absolute atomic E-state index is 13.4. The van der Waals surface area contributed by atoms with Crippen LogP contribution in [0.15, 0.2) is 30.3 Å². The molecule has 2 aromatic rings. The molecule has 0 amide bonds. The van der Waals surface area contributed by atoms with Crippen molar-refractivity contribution in [2.45, 2.75) is 13.0 Å². The summed E-state index contributed by atoms with van der Waals surface area (Å²) in [6, 6.07) is 7.41. The quantitative estimate of drug-likeness (QED) is 0.885. The Bertz CT molecular complexity index is 598. The minimum absolute atomic E-state index is 0.0288. The molecule has 1 aromatic carbocycles. The molecule has 2 rings (SSSR count). The predicted octanol–water partition coefficient (Wildman–Crippen LogP) is 3.27. The molecule has 0 aliphatic rings. The Labute approximate surface area is 112 Å². The van der Waals surface area contributed by atoms with Gasteiger partial charge >= 0.3 is 5.97 Å². The lowest BCUT2D eigenvalue weighted by Crippen LogP contribution is -2.01. The normalized spacial score (nSPS) is 10.4. The highest BCUT2D eigenvalue weighted by Gasteiger charge is 2.08. The highest BCUT2D eigenvalue weighted by atomic mass is 32.1. The molecule has 0 aliphatic heterocycles. The summed E-state index contributed by atoms with van der Waals surface area (Å²) in [6.07, 6.45) is -0.0288. The average Bonchev–Trinajstić information content (AvgIpc) is 2.78. The van der Waals surface area contributed by atoms with Gasteiger partial charge in [-0.1, -0.05) is 6.07 Å². The van der Waals surface area contributed by atoms with Crippen LogP contribution in [0.4, 0.5) is 14.5 Å². The van der Waals surface area contributed by atoms with Crippen molar-refractivity contribution in [3.8, 4) is 0 Å². The predicted molar refractivity (Wildman–Crippen MR) is 69.3 cm³/mol. The number of aliphatic carboxylic acids is 1. The van der Waals surface area contributed by atoms with E-state index in [0.29, 0.717) is 6.54 Å². The van der Waals surface area contributed by atoms with Crippen LogP contribution in [0.5, 0.6) is 0 Å². The maximum atomic E-state index is 13.4. The Kier molecular flexibility index (Phi) is 4.11. The van der Waals surface area contributed by atoms with Crippen LogP contribution in [0.3, 0.4) is 0 Å². The summed E-state index contributed by atoms with van der Waals surface area (Å²) < 4.78 is 26.3. The number of rotatable bonds is 5. The Morgan fingerprint density at radius 1 is 1.21 bits per heavy atom. The number of anilines is 1. The molecule has 0 atom stereocenters. The molecule has 1 aromatic heterocycles. The zero-order valence-electron chi connectivity index (χ0n) is 9.82. The smallest absolute Gasteiger partial charge is 0.308 e. The third-order valence-electron chi connectivity index (χ3n) is 2.45. The summed E-state index contributed by atoms with van der Waals surface area (Å²) in [4.78, 5) is 12.1. The van der Waals surface area contributed by atoms with Gasteiger partial charge in [0.1, 0.15) is 0 Å². The molecule has 0 spiro atoms. The lowest BCUT2D eigenvalue weighted by molar-refractivity contribution is -0.136. The molecule has 0 saturated carbocycles. The summed E-state index contributed by atoms with van der Waals surface area (Å²) >= 11 is 1.33. The van der Waals surface area contributed by atoms with Crippen LogP contribution in [0.1, 0.15) is 9.75 Å². The fraction of sp³-hybridized carbons (Fsp3) is 0.154. The van der Waals surface area contributed by atoms with E-state index in [2.05, 4.69) is 5.32 Å². The van der Waals surface area contributed by atoms with Gasteiger partial charge in [0.2, 0.25) is 0 Å². The van der Waals surface area contributed by atoms with Gasteiger partial charge in [0, 0.05) is 16.3 Å². The molecule has 0 unspecified atom stereocenters. The minimum Gasteiger partial charge on any atom is -0.481 e. The van der Waals surface area contributed by atoms with Crippen molar-refractivity contribution >= 4 is 23.0 Å². The van der Waals surface area contributed by atoms with Crippen LogP contribution >= 0.6 is 11.3 Å². The van der Waals surface area contributed by atoms with Gasteiger partial charge < -0.3 is 10.4 Å². The zero-order chi connectivity index (χ0) is 13.8. The molecule has 0 fully saturated rings. The fourth-order valence-corrected chi connectivity index (χ4v) is 2.53. The van der Waals surface area contributed by atoms with Crippen LogP contribution in [-0.2, 0) is 17.8 Å². The fourth-order valence-electron chi connectivity index (χ4n) is 1.58. The van der Waals surface area contributed by atoms with E-state index in [1.165, 1.54) is 23.5 Å². The zero-order valence-corrected chi connectivity index (χ0v) is 10.6. The van der Waals surface area contributed by atoms with Crippen molar-refractivity contribution in [3.05, 3.63) is 51.7 Å². The van der Waals surface area contributed by atoms with E-state index >= 15 is 0 Å². The van der Waals surface area contributed by atoms with Crippen molar-refractivity contribution in [2.75, 3.05) is 5.32 Å². The molecule has 0 radical (unpaired) electrons. The first kappa shape index (κ1) is 13.5. The van der Waals surface area contributed by atoms with Gasteiger partial charge in [-0.25, -0.2) is 8.78 Å². The molecule has 2 N–H and O–H groups in total. The second-order valence-corrected chi connectivity index (χ2v) is 5.15. The monoisotopic (exact) mass is 283 g/mol. The van der Waals surface area contributed by atoms with E-state index in [-0.39, 0.29) is 12.1 Å². The van der Waals surface area contributed by atoms with Gasteiger partial charge in [-0.3, -0.25) is 4.79 Å². The van der Waals surface area contributed by atoms with E-state index in [9.17, 15) is 13.6 Å². The van der Waals surface area contributed by atoms with Crippen LogP contribution in [0.25, 0.3) is 0 Å². The van der Waals surface area contributed by atoms with Crippen LogP contribution in [-0.4, -0.2) is 11.1 Å². The molecule has 19 heavy (non-hydrogen) atoms. The third-order valence-corrected chi connectivity index (χ3v) is 3.53. The number of thiophene rings is 1. The van der Waals surface area contributed by atoms with Crippen LogP contribution < -0.4 is 5.32 Å². The van der Waals surface area contributed by atoms with Crippen LogP contribution in [0, 0.1) is 11.6 Å². The molecule has 6 heteroatoms. The first-order valence-electron chi connectivity index (χ1n) is 5.53. The highest BCUT2D eigenvalue weighted by molar-refractivity contribution is 7.12. The number of carboxylic acids is 1. The van der Waals surface area contributed by atoms with Crippen LogP contribution in [0.2, 0.25) is 0 Å². The maximum Gasteiger partial charge on any atom is 0.308 e. The Balaban J connectivity index is 2.00. The topological polar surface area (TPSA) is 49.3 Å². The lowest BCUT2D eigenvalue weighted by Gasteiger charge is -2.06. The van der Waals surface area contributed by atoms with Gasteiger partial charge in [0.05, 0.1) is 12.1 Å². The second-order valence-electron chi connectivity index (χ2n) is 3.89. The Hall–Kier alpha value is -1.95. The van der Waals surface area contributed by atoms with E-state index in [1.54, 1.807) is 12.1 Å². The minimum atomic E-state index is -0.912. The molecule has 0 bridgehead atoms. The average molecular weight is 283 g/mol. The summed E-state index contributed by atoms with van der Waals surface area (Å²) in [5, 5.41) is 11.4.